The molecule has 0 unspecified atom stereocenters. The van der Waals surface area contributed by atoms with Gasteiger partial charge in [-0.3, -0.25) is 4.79 Å². The lowest BCUT2D eigenvalue weighted by Gasteiger charge is -2.39. The number of fused-ring (bicyclic) bond motifs is 1. The zero-order chi connectivity index (χ0) is 24.0. The summed E-state index contributed by atoms with van der Waals surface area (Å²) in [6.45, 7) is 6.52. The number of hydrogen-bond donors (Lipinski definition) is 0. The van der Waals surface area contributed by atoms with Gasteiger partial charge in [0, 0.05) is 31.2 Å². The molecule has 4 heterocycles. The molecule has 2 aliphatic heterocycles. The zero-order valence-corrected chi connectivity index (χ0v) is 20.3. The fourth-order valence-electron chi connectivity index (χ4n) is 5.70. The van der Waals surface area contributed by atoms with E-state index in [1.165, 1.54) is 11.1 Å². The average Bonchev–Trinajstić information content (AvgIpc) is 3.61. The Morgan fingerprint density at radius 1 is 0.943 bits per heavy atom. The molecule has 4 aromatic rings. The molecule has 0 radical (unpaired) electrons. The highest BCUT2D eigenvalue weighted by molar-refractivity contribution is 5.89. The van der Waals surface area contributed by atoms with E-state index < -0.39 is 5.41 Å². The van der Waals surface area contributed by atoms with Crippen molar-refractivity contribution < 1.29 is 9.53 Å². The number of carbonyl (C=O) groups excluding carboxylic acids is 1. The molecule has 1 amide bonds. The Balaban J connectivity index is 1.40. The third kappa shape index (κ3) is 3.60. The number of rotatable bonds is 4. The van der Waals surface area contributed by atoms with Crippen molar-refractivity contribution in [2.24, 2.45) is 0 Å². The highest BCUT2D eigenvalue weighted by atomic mass is 16.5. The summed E-state index contributed by atoms with van der Waals surface area (Å²) in [4.78, 5) is 16.2. The van der Waals surface area contributed by atoms with Crippen LogP contribution in [0.25, 0.3) is 11.5 Å². The van der Waals surface area contributed by atoms with Crippen LogP contribution in [0.3, 0.4) is 0 Å². The first-order chi connectivity index (χ1) is 17.1. The van der Waals surface area contributed by atoms with Crippen molar-refractivity contribution in [2.45, 2.75) is 45.2 Å². The Morgan fingerprint density at radius 2 is 1.69 bits per heavy atom. The van der Waals surface area contributed by atoms with E-state index in [1.807, 2.05) is 52.3 Å². The number of amides is 1. The van der Waals surface area contributed by atoms with Crippen molar-refractivity contribution in [3.63, 3.8) is 0 Å². The summed E-state index contributed by atoms with van der Waals surface area (Å²) in [6.07, 6.45) is 5.51. The van der Waals surface area contributed by atoms with Gasteiger partial charge in [-0.05, 0) is 56.0 Å². The monoisotopic (exact) mass is 466 g/mol. The predicted molar refractivity (Wildman–Crippen MR) is 135 cm³/mol. The Morgan fingerprint density at radius 3 is 2.40 bits per heavy atom. The van der Waals surface area contributed by atoms with Crippen LogP contribution in [0.2, 0.25) is 0 Å². The minimum Gasteiger partial charge on any atom is -0.381 e. The predicted octanol–water partition coefficient (Wildman–Crippen LogP) is 4.87. The van der Waals surface area contributed by atoms with E-state index >= 15 is 0 Å². The lowest BCUT2D eigenvalue weighted by Crippen LogP contribution is -2.48. The first-order valence-electron chi connectivity index (χ1n) is 12.3. The summed E-state index contributed by atoms with van der Waals surface area (Å²) < 4.78 is 9.82. The van der Waals surface area contributed by atoms with E-state index in [1.54, 1.807) is 0 Å². The van der Waals surface area contributed by atoms with Crippen LogP contribution >= 0.6 is 0 Å². The number of aryl methyl sites for hydroxylation is 2. The molecule has 6 heteroatoms. The van der Waals surface area contributed by atoms with Crippen LogP contribution in [0.5, 0.6) is 0 Å². The third-order valence-corrected chi connectivity index (χ3v) is 7.53. The SMILES string of the molecule is Cc1ccc(-n2nc3c(c2-n2cccc2)CN(C(=O)C2(c4ccccc4)CCOCC2)C3)c(C)c1. The van der Waals surface area contributed by atoms with Gasteiger partial charge in [0.1, 0.15) is 5.82 Å². The van der Waals surface area contributed by atoms with E-state index in [4.69, 9.17) is 9.84 Å². The summed E-state index contributed by atoms with van der Waals surface area (Å²) in [6, 6.07) is 20.7. The molecule has 35 heavy (non-hydrogen) atoms. The molecule has 1 saturated heterocycles. The Bertz CT molecular complexity index is 1370. The van der Waals surface area contributed by atoms with Crippen LogP contribution in [0.4, 0.5) is 0 Å². The number of ether oxygens (including phenoxy) is 1. The minimum absolute atomic E-state index is 0.182. The quantitative estimate of drug-likeness (QED) is 0.431. The first kappa shape index (κ1) is 21.9. The third-order valence-electron chi connectivity index (χ3n) is 7.53. The summed E-state index contributed by atoms with van der Waals surface area (Å²) in [7, 11) is 0. The smallest absolute Gasteiger partial charge is 0.234 e. The highest BCUT2D eigenvalue weighted by Crippen LogP contribution is 2.40. The van der Waals surface area contributed by atoms with E-state index in [0.29, 0.717) is 39.1 Å². The normalized spacial score (nSPS) is 16.9. The van der Waals surface area contributed by atoms with E-state index in [-0.39, 0.29) is 5.91 Å². The second-order valence-electron chi connectivity index (χ2n) is 9.76. The fourth-order valence-corrected chi connectivity index (χ4v) is 5.70. The molecule has 6 rings (SSSR count). The second kappa shape index (κ2) is 8.54. The van der Waals surface area contributed by atoms with E-state index in [9.17, 15) is 4.79 Å². The fraction of sp³-hybridized carbons (Fsp3) is 0.310. The van der Waals surface area contributed by atoms with Crippen molar-refractivity contribution in [3.8, 4) is 11.5 Å². The van der Waals surface area contributed by atoms with Crippen molar-refractivity contribution in [1.29, 1.82) is 0 Å². The molecule has 0 bridgehead atoms. The molecule has 6 nitrogen and oxygen atoms in total. The minimum atomic E-state index is -0.542. The maximum atomic E-state index is 14.2. The van der Waals surface area contributed by atoms with Gasteiger partial charge < -0.3 is 14.2 Å². The maximum absolute atomic E-state index is 14.2. The zero-order valence-electron chi connectivity index (χ0n) is 20.3. The summed E-state index contributed by atoms with van der Waals surface area (Å²) in [5.74, 6) is 1.19. The van der Waals surface area contributed by atoms with Crippen molar-refractivity contribution in [2.75, 3.05) is 13.2 Å². The number of benzene rings is 2. The van der Waals surface area contributed by atoms with Gasteiger partial charge in [0.05, 0.1) is 29.9 Å². The van der Waals surface area contributed by atoms with Crippen LogP contribution in [0, 0.1) is 13.8 Å². The maximum Gasteiger partial charge on any atom is 0.234 e. The van der Waals surface area contributed by atoms with Gasteiger partial charge in [-0.2, -0.15) is 5.10 Å². The van der Waals surface area contributed by atoms with Crippen LogP contribution in [-0.2, 0) is 28.0 Å². The lowest BCUT2D eigenvalue weighted by atomic mass is 9.73. The topological polar surface area (TPSA) is 52.3 Å². The van der Waals surface area contributed by atoms with E-state index in [0.717, 1.165) is 28.3 Å². The van der Waals surface area contributed by atoms with E-state index in [2.05, 4.69) is 48.7 Å². The van der Waals surface area contributed by atoms with Crippen LogP contribution in [0.1, 0.15) is 40.8 Å². The summed E-state index contributed by atoms with van der Waals surface area (Å²) in [5.41, 5.74) is 6.11. The molecule has 2 aromatic carbocycles. The first-order valence-corrected chi connectivity index (χ1v) is 12.3. The molecular formula is C29H30N4O2. The molecule has 2 aliphatic rings. The van der Waals surface area contributed by atoms with Gasteiger partial charge in [0.15, 0.2) is 0 Å². The molecule has 0 aliphatic carbocycles. The Hall–Kier alpha value is -3.64. The standard InChI is InChI=1S/C29H30N4O2/c1-21-10-11-26(22(2)18-21)33-27(31-14-6-7-15-31)24-19-32(20-25(24)30-33)28(34)29(12-16-35-17-13-29)23-8-4-3-5-9-23/h3-11,14-15,18H,12-13,16-17,19-20H2,1-2H3. The van der Waals surface area contributed by atoms with Crippen LogP contribution in [-0.4, -0.2) is 38.4 Å². The van der Waals surface area contributed by atoms with Gasteiger partial charge in [0.25, 0.3) is 0 Å². The highest BCUT2D eigenvalue weighted by Gasteiger charge is 2.46. The van der Waals surface area contributed by atoms with Gasteiger partial charge in [-0.1, -0.05) is 48.0 Å². The molecular weight excluding hydrogens is 436 g/mol. The largest absolute Gasteiger partial charge is 0.381 e. The van der Waals surface area contributed by atoms with Crippen LogP contribution < -0.4 is 0 Å². The van der Waals surface area contributed by atoms with Crippen LogP contribution in [0.15, 0.2) is 73.1 Å². The lowest BCUT2D eigenvalue weighted by molar-refractivity contribution is -0.142. The van der Waals surface area contributed by atoms with Crippen molar-refractivity contribution in [3.05, 3.63) is 101 Å². The average molecular weight is 467 g/mol. The number of aromatic nitrogens is 3. The summed E-state index contributed by atoms with van der Waals surface area (Å²) >= 11 is 0. The Labute approximate surface area is 205 Å². The van der Waals surface area contributed by atoms with Gasteiger partial charge >= 0.3 is 0 Å². The molecule has 1 fully saturated rings. The summed E-state index contributed by atoms with van der Waals surface area (Å²) in [5, 5.41) is 5.06. The molecule has 0 atom stereocenters. The van der Waals surface area contributed by atoms with Gasteiger partial charge in [0.2, 0.25) is 5.91 Å². The van der Waals surface area contributed by atoms with Crippen molar-refractivity contribution in [1.82, 2.24) is 19.2 Å². The molecule has 178 valence electrons. The number of carbonyl (C=O) groups is 1. The molecule has 2 aromatic heterocycles. The van der Waals surface area contributed by atoms with Crippen molar-refractivity contribution >= 4 is 5.91 Å². The molecule has 0 N–H and O–H groups in total. The number of hydrogen-bond acceptors (Lipinski definition) is 3. The second-order valence-corrected chi connectivity index (χ2v) is 9.76. The van der Waals surface area contributed by atoms with Gasteiger partial charge in [-0.15, -0.1) is 0 Å². The van der Waals surface area contributed by atoms with Gasteiger partial charge in [-0.25, -0.2) is 4.68 Å². The molecule has 0 saturated carbocycles. The molecule has 0 spiro atoms. The Kier molecular flexibility index (Phi) is 5.33. The number of nitrogens with zero attached hydrogens (tertiary/aromatic N) is 4.